The highest BCUT2D eigenvalue weighted by Crippen LogP contribution is 2.24. The third-order valence-corrected chi connectivity index (χ3v) is 5.96. The van der Waals surface area contributed by atoms with Crippen LogP contribution in [0.5, 0.6) is 0 Å². The van der Waals surface area contributed by atoms with E-state index in [1.807, 2.05) is 57.2 Å². The summed E-state index contributed by atoms with van der Waals surface area (Å²) in [7, 11) is 0. The summed E-state index contributed by atoms with van der Waals surface area (Å²) in [4.78, 5) is 30.4. The van der Waals surface area contributed by atoms with E-state index >= 15 is 0 Å². The molecule has 6 heteroatoms. The number of nitrogens with zero attached hydrogens (tertiary/aromatic N) is 2. The van der Waals surface area contributed by atoms with Crippen LogP contribution in [0, 0.1) is 13.8 Å². The Hall–Kier alpha value is -2.60. The maximum Gasteiger partial charge on any atom is 0.266 e. The summed E-state index contributed by atoms with van der Waals surface area (Å²) < 4.78 is 1.64. The first kappa shape index (κ1) is 21.1. The highest BCUT2D eigenvalue weighted by molar-refractivity contribution is 7.99. The van der Waals surface area contributed by atoms with E-state index in [2.05, 4.69) is 12.2 Å². The quantitative estimate of drug-likeness (QED) is 0.464. The van der Waals surface area contributed by atoms with Crippen molar-refractivity contribution in [3.63, 3.8) is 0 Å². The Morgan fingerprint density at radius 2 is 1.93 bits per heavy atom. The zero-order chi connectivity index (χ0) is 21.0. The van der Waals surface area contributed by atoms with E-state index in [0.29, 0.717) is 16.1 Å². The van der Waals surface area contributed by atoms with Gasteiger partial charge in [0.2, 0.25) is 5.91 Å². The molecule has 1 heterocycles. The first-order chi connectivity index (χ1) is 13.9. The van der Waals surface area contributed by atoms with Crippen LogP contribution in [-0.2, 0) is 4.79 Å². The fraction of sp³-hybridized carbons (Fsp3) is 0.348. The van der Waals surface area contributed by atoms with Crippen LogP contribution in [0.3, 0.4) is 0 Å². The van der Waals surface area contributed by atoms with Gasteiger partial charge in [-0.2, -0.15) is 0 Å². The van der Waals surface area contributed by atoms with Crippen molar-refractivity contribution in [3.8, 4) is 5.69 Å². The number of thioether (sulfide) groups is 1. The zero-order valence-electron chi connectivity index (χ0n) is 17.4. The molecule has 5 nitrogen and oxygen atoms in total. The second-order valence-electron chi connectivity index (χ2n) is 7.32. The van der Waals surface area contributed by atoms with E-state index in [-0.39, 0.29) is 23.3 Å². The van der Waals surface area contributed by atoms with Crippen LogP contribution in [0.15, 0.2) is 52.4 Å². The van der Waals surface area contributed by atoms with E-state index in [4.69, 9.17) is 4.98 Å². The molecule has 0 saturated heterocycles. The Bertz CT molecular complexity index is 1090. The van der Waals surface area contributed by atoms with E-state index in [9.17, 15) is 9.59 Å². The van der Waals surface area contributed by atoms with Crippen molar-refractivity contribution in [1.82, 2.24) is 14.9 Å². The number of aromatic nitrogens is 2. The molecule has 0 aliphatic carbocycles. The van der Waals surface area contributed by atoms with Gasteiger partial charge in [-0.25, -0.2) is 4.98 Å². The minimum atomic E-state index is -0.119. The van der Waals surface area contributed by atoms with Crippen molar-refractivity contribution in [2.75, 3.05) is 5.75 Å². The average molecular weight is 410 g/mol. The van der Waals surface area contributed by atoms with Crippen LogP contribution in [-0.4, -0.2) is 27.3 Å². The number of benzene rings is 2. The fourth-order valence-electron chi connectivity index (χ4n) is 3.35. The third kappa shape index (κ3) is 4.70. The molecule has 29 heavy (non-hydrogen) atoms. The largest absolute Gasteiger partial charge is 0.353 e. The van der Waals surface area contributed by atoms with Crippen LogP contribution in [0.1, 0.15) is 37.8 Å². The standard InChI is InChI=1S/C23H27N3O2S/c1-5-9-16(3)24-21(27)14-29-23-25-19-12-7-6-11-18(19)22(28)26(23)20-13-8-10-15(2)17(20)4/h6-8,10-13,16H,5,9,14H2,1-4H3,(H,24,27)/t16-/m1/s1. The first-order valence-electron chi connectivity index (χ1n) is 9.93. The van der Waals surface area contributed by atoms with Gasteiger partial charge in [-0.3, -0.25) is 14.2 Å². The molecular weight excluding hydrogens is 382 g/mol. The normalized spacial score (nSPS) is 12.1. The van der Waals surface area contributed by atoms with Gasteiger partial charge in [-0.1, -0.05) is 49.4 Å². The summed E-state index contributed by atoms with van der Waals surface area (Å²) in [5, 5.41) is 4.10. The Balaban J connectivity index is 2.03. The van der Waals surface area contributed by atoms with Crippen molar-refractivity contribution in [2.45, 2.75) is 51.7 Å². The molecule has 1 N–H and O–H groups in total. The highest BCUT2D eigenvalue weighted by atomic mass is 32.2. The molecule has 0 spiro atoms. The number of para-hydroxylation sites is 1. The number of rotatable bonds is 7. The van der Waals surface area contributed by atoms with E-state index in [1.165, 1.54) is 11.8 Å². The molecule has 0 saturated carbocycles. The molecule has 0 aliphatic heterocycles. The predicted molar refractivity (Wildman–Crippen MR) is 120 cm³/mol. The van der Waals surface area contributed by atoms with Gasteiger partial charge < -0.3 is 5.32 Å². The van der Waals surface area contributed by atoms with Gasteiger partial charge in [0.25, 0.3) is 5.56 Å². The second-order valence-corrected chi connectivity index (χ2v) is 8.26. The molecule has 0 unspecified atom stereocenters. The topological polar surface area (TPSA) is 64.0 Å². The number of carbonyl (C=O) groups excluding carboxylic acids is 1. The number of nitrogens with one attached hydrogen (secondary N) is 1. The predicted octanol–water partition coefficient (Wildman–Crippen LogP) is 4.40. The lowest BCUT2D eigenvalue weighted by Crippen LogP contribution is -2.34. The number of aryl methyl sites for hydroxylation is 1. The van der Waals surface area contributed by atoms with Crippen molar-refractivity contribution >= 4 is 28.6 Å². The van der Waals surface area contributed by atoms with Gasteiger partial charge in [0.15, 0.2) is 5.16 Å². The molecule has 152 valence electrons. The molecule has 0 radical (unpaired) electrons. The molecule has 1 amide bonds. The summed E-state index contributed by atoms with van der Waals surface area (Å²) in [6.45, 7) is 8.12. The van der Waals surface area contributed by atoms with Crippen molar-refractivity contribution in [3.05, 3.63) is 63.9 Å². The molecule has 0 fully saturated rings. The fourth-order valence-corrected chi connectivity index (χ4v) is 4.17. The number of amides is 1. The molecule has 2 aromatic carbocycles. The van der Waals surface area contributed by atoms with Crippen LogP contribution in [0.2, 0.25) is 0 Å². The van der Waals surface area contributed by atoms with Crippen LogP contribution >= 0.6 is 11.8 Å². The van der Waals surface area contributed by atoms with Crippen molar-refractivity contribution in [1.29, 1.82) is 0 Å². The lowest BCUT2D eigenvalue weighted by Gasteiger charge is -2.17. The average Bonchev–Trinajstić information content (AvgIpc) is 2.69. The van der Waals surface area contributed by atoms with Crippen molar-refractivity contribution < 1.29 is 4.79 Å². The smallest absolute Gasteiger partial charge is 0.266 e. The van der Waals surface area contributed by atoms with Gasteiger partial charge in [0, 0.05) is 6.04 Å². The molecule has 0 bridgehead atoms. The Morgan fingerprint density at radius 1 is 1.17 bits per heavy atom. The summed E-state index contributed by atoms with van der Waals surface area (Å²) in [6, 6.07) is 13.4. The minimum Gasteiger partial charge on any atom is -0.353 e. The monoisotopic (exact) mass is 409 g/mol. The van der Waals surface area contributed by atoms with Crippen LogP contribution in [0.4, 0.5) is 0 Å². The minimum absolute atomic E-state index is 0.0501. The number of hydrogen-bond acceptors (Lipinski definition) is 4. The molecular formula is C23H27N3O2S. The van der Waals surface area contributed by atoms with E-state index < -0.39 is 0 Å². The highest BCUT2D eigenvalue weighted by Gasteiger charge is 2.17. The Kier molecular flexibility index (Phi) is 6.75. The van der Waals surface area contributed by atoms with Gasteiger partial charge >= 0.3 is 0 Å². The summed E-state index contributed by atoms with van der Waals surface area (Å²) in [6.07, 6.45) is 1.96. The lowest BCUT2D eigenvalue weighted by molar-refractivity contribution is -0.119. The van der Waals surface area contributed by atoms with E-state index in [0.717, 1.165) is 29.7 Å². The Morgan fingerprint density at radius 3 is 2.69 bits per heavy atom. The van der Waals surface area contributed by atoms with E-state index in [1.54, 1.807) is 10.6 Å². The second kappa shape index (κ2) is 9.27. The summed E-state index contributed by atoms with van der Waals surface area (Å²) in [5.74, 6) is 0.162. The van der Waals surface area contributed by atoms with Crippen molar-refractivity contribution in [2.24, 2.45) is 0 Å². The lowest BCUT2D eigenvalue weighted by atomic mass is 10.1. The maximum absolute atomic E-state index is 13.3. The first-order valence-corrected chi connectivity index (χ1v) is 10.9. The van der Waals surface area contributed by atoms with Gasteiger partial charge in [-0.15, -0.1) is 0 Å². The van der Waals surface area contributed by atoms with Gasteiger partial charge in [0.1, 0.15) is 0 Å². The number of fused-ring (bicyclic) bond motifs is 1. The molecule has 1 atom stereocenters. The zero-order valence-corrected chi connectivity index (χ0v) is 18.2. The number of hydrogen-bond donors (Lipinski definition) is 1. The summed E-state index contributed by atoms with van der Waals surface area (Å²) >= 11 is 1.29. The van der Waals surface area contributed by atoms with Gasteiger partial charge in [-0.05, 0) is 56.5 Å². The third-order valence-electron chi connectivity index (χ3n) is 5.02. The molecule has 3 aromatic rings. The SMILES string of the molecule is CCC[C@@H](C)NC(=O)CSc1nc2ccccc2c(=O)n1-c1cccc(C)c1C. The molecule has 0 aliphatic rings. The summed E-state index contributed by atoms with van der Waals surface area (Å²) in [5.41, 5.74) is 3.45. The maximum atomic E-state index is 13.3. The molecule has 3 rings (SSSR count). The molecule has 1 aromatic heterocycles. The van der Waals surface area contributed by atoms with Gasteiger partial charge in [0.05, 0.1) is 22.3 Å². The number of carbonyl (C=O) groups is 1. The Labute approximate surface area is 175 Å². The van der Waals surface area contributed by atoms with Crippen LogP contribution < -0.4 is 10.9 Å². The van der Waals surface area contributed by atoms with Crippen LogP contribution in [0.25, 0.3) is 16.6 Å².